The Kier molecular flexibility index (Phi) is 5.82. The number of carbonyl (C=O) groups excluding carboxylic acids is 1. The second-order valence-corrected chi connectivity index (χ2v) is 8.59. The molecule has 0 bridgehead atoms. The van der Waals surface area contributed by atoms with Gasteiger partial charge in [0.2, 0.25) is 10.0 Å². The standard InChI is InChI=1S/C20H24N2O4S/c1-15-7-3-4-8-19(15)26-16(2)20(23)21-17-9-11-18(12-10-17)27(24,25)22-13-5-6-14-22/h3-4,7-12,16H,5-6,13-14H2,1-2H3,(H,21,23)/t16-/m1/s1. The van der Waals surface area contributed by atoms with E-state index in [1.165, 1.54) is 16.4 Å². The summed E-state index contributed by atoms with van der Waals surface area (Å²) < 4.78 is 32.3. The zero-order valence-electron chi connectivity index (χ0n) is 15.5. The molecule has 1 saturated heterocycles. The number of nitrogens with one attached hydrogen (secondary N) is 1. The van der Waals surface area contributed by atoms with Crippen molar-refractivity contribution in [2.24, 2.45) is 0 Å². The number of para-hydroxylation sites is 1. The van der Waals surface area contributed by atoms with Crippen molar-refractivity contribution in [2.45, 2.75) is 37.7 Å². The van der Waals surface area contributed by atoms with Crippen molar-refractivity contribution >= 4 is 21.6 Å². The van der Waals surface area contributed by atoms with E-state index in [0.29, 0.717) is 24.5 Å². The highest BCUT2D eigenvalue weighted by Crippen LogP contribution is 2.23. The van der Waals surface area contributed by atoms with Crippen LogP contribution in [0.3, 0.4) is 0 Å². The largest absolute Gasteiger partial charge is 0.481 e. The summed E-state index contributed by atoms with van der Waals surface area (Å²) in [6.07, 6.45) is 1.11. The summed E-state index contributed by atoms with van der Waals surface area (Å²) in [6, 6.07) is 13.7. The Labute approximate surface area is 160 Å². The fourth-order valence-corrected chi connectivity index (χ4v) is 4.48. The Morgan fingerprint density at radius 3 is 2.33 bits per heavy atom. The van der Waals surface area contributed by atoms with Crippen LogP contribution in [0, 0.1) is 6.92 Å². The molecule has 6 nitrogen and oxygen atoms in total. The first kappa shape index (κ1) is 19.4. The predicted molar refractivity (Wildman–Crippen MR) is 104 cm³/mol. The number of nitrogens with zero attached hydrogens (tertiary/aromatic N) is 1. The van der Waals surface area contributed by atoms with Gasteiger partial charge in [0.25, 0.3) is 5.91 Å². The van der Waals surface area contributed by atoms with Gasteiger partial charge < -0.3 is 10.1 Å². The van der Waals surface area contributed by atoms with Gasteiger partial charge in [-0.15, -0.1) is 0 Å². The van der Waals surface area contributed by atoms with Gasteiger partial charge in [0.15, 0.2) is 6.10 Å². The number of carbonyl (C=O) groups is 1. The van der Waals surface area contributed by atoms with Gasteiger partial charge in [-0.25, -0.2) is 8.42 Å². The van der Waals surface area contributed by atoms with Crippen molar-refractivity contribution in [2.75, 3.05) is 18.4 Å². The van der Waals surface area contributed by atoms with Crippen LogP contribution < -0.4 is 10.1 Å². The average molecular weight is 388 g/mol. The number of hydrogen-bond acceptors (Lipinski definition) is 4. The van der Waals surface area contributed by atoms with Crippen LogP contribution in [0.4, 0.5) is 5.69 Å². The molecule has 3 rings (SSSR count). The van der Waals surface area contributed by atoms with Crippen LogP contribution in [0.5, 0.6) is 5.75 Å². The van der Waals surface area contributed by atoms with Gasteiger partial charge in [0, 0.05) is 18.8 Å². The van der Waals surface area contributed by atoms with Crippen molar-refractivity contribution in [3.63, 3.8) is 0 Å². The molecule has 0 aromatic heterocycles. The van der Waals surface area contributed by atoms with E-state index >= 15 is 0 Å². The number of anilines is 1. The summed E-state index contributed by atoms with van der Waals surface area (Å²) in [5.41, 5.74) is 1.48. The molecule has 1 amide bonds. The third-order valence-electron chi connectivity index (χ3n) is 4.59. The minimum absolute atomic E-state index is 0.242. The predicted octanol–water partition coefficient (Wildman–Crippen LogP) is 3.19. The molecule has 7 heteroatoms. The highest BCUT2D eigenvalue weighted by molar-refractivity contribution is 7.89. The molecule has 2 aromatic carbocycles. The molecule has 1 aliphatic heterocycles. The maximum Gasteiger partial charge on any atom is 0.265 e. The van der Waals surface area contributed by atoms with Crippen LogP contribution in [0.2, 0.25) is 0 Å². The van der Waals surface area contributed by atoms with Crippen LogP contribution in [0.25, 0.3) is 0 Å². The van der Waals surface area contributed by atoms with Gasteiger partial charge in [-0.2, -0.15) is 4.31 Å². The van der Waals surface area contributed by atoms with Gasteiger partial charge in [-0.05, 0) is 62.6 Å². The molecule has 0 unspecified atom stereocenters. The van der Waals surface area contributed by atoms with Crippen LogP contribution in [-0.4, -0.2) is 37.8 Å². The number of hydrogen-bond donors (Lipinski definition) is 1. The number of aryl methyl sites for hydroxylation is 1. The Hall–Kier alpha value is -2.38. The van der Waals surface area contributed by atoms with Crippen molar-refractivity contribution in [1.82, 2.24) is 4.31 Å². The smallest absolute Gasteiger partial charge is 0.265 e. The van der Waals surface area contributed by atoms with Crippen LogP contribution in [0.15, 0.2) is 53.4 Å². The summed E-state index contributed by atoms with van der Waals surface area (Å²) in [4.78, 5) is 12.6. The molecule has 27 heavy (non-hydrogen) atoms. The van der Waals surface area contributed by atoms with Gasteiger partial charge in [0.1, 0.15) is 5.75 Å². The summed E-state index contributed by atoms with van der Waals surface area (Å²) in [6.45, 7) is 4.72. The maximum absolute atomic E-state index is 12.5. The molecule has 1 N–H and O–H groups in total. The SMILES string of the molecule is Cc1ccccc1O[C@H](C)C(=O)Nc1ccc(S(=O)(=O)N2CCCC2)cc1. The Morgan fingerprint density at radius 1 is 1.07 bits per heavy atom. The molecule has 0 radical (unpaired) electrons. The first-order chi connectivity index (χ1) is 12.9. The van der Waals surface area contributed by atoms with Crippen molar-refractivity contribution < 1.29 is 17.9 Å². The monoisotopic (exact) mass is 388 g/mol. The third-order valence-corrected chi connectivity index (χ3v) is 6.50. The first-order valence-electron chi connectivity index (χ1n) is 9.01. The Morgan fingerprint density at radius 2 is 1.70 bits per heavy atom. The maximum atomic E-state index is 12.5. The van der Waals surface area contributed by atoms with Gasteiger partial charge in [-0.1, -0.05) is 18.2 Å². The molecule has 144 valence electrons. The van der Waals surface area contributed by atoms with E-state index in [4.69, 9.17) is 4.74 Å². The van der Waals surface area contributed by atoms with Crippen LogP contribution in [-0.2, 0) is 14.8 Å². The van der Waals surface area contributed by atoms with Crippen molar-refractivity contribution in [3.05, 3.63) is 54.1 Å². The quantitative estimate of drug-likeness (QED) is 0.825. The highest BCUT2D eigenvalue weighted by atomic mass is 32.2. The highest BCUT2D eigenvalue weighted by Gasteiger charge is 2.27. The number of ether oxygens (including phenoxy) is 1. The number of amides is 1. The number of benzene rings is 2. The molecule has 1 atom stereocenters. The van der Waals surface area contributed by atoms with Crippen LogP contribution >= 0.6 is 0 Å². The third kappa shape index (κ3) is 4.48. The fourth-order valence-electron chi connectivity index (χ4n) is 2.96. The molecule has 1 aliphatic rings. The Bertz CT molecular complexity index is 904. The van der Waals surface area contributed by atoms with E-state index in [1.807, 2.05) is 31.2 Å². The summed E-state index contributed by atoms with van der Waals surface area (Å²) in [7, 11) is -3.45. The van der Waals surface area contributed by atoms with Gasteiger partial charge in [-0.3, -0.25) is 4.79 Å². The summed E-state index contributed by atoms with van der Waals surface area (Å²) in [5.74, 6) is 0.362. The molecular formula is C20H24N2O4S. The fraction of sp³-hybridized carbons (Fsp3) is 0.350. The molecule has 0 aliphatic carbocycles. The molecule has 2 aromatic rings. The summed E-state index contributed by atoms with van der Waals surface area (Å²) >= 11 is 0. The van der Waals surface area contributed by atoms with E-state index in [9.17, 15) is 13.2 Å². The average Bonchev–Trinajstić information content (AvgIpc) is 3.19. The van der Waals surface area contributed by atoms with E-state index in [1.54, 1.807) is 19.1 Å². The first-order valence-corrected chi connectivity index (χ1v) is 10.5. The number of sulfonamides is 1. The van der Waals surface area contributed by atoms with Crippen molar-refractivity contribution in [1.29, 1.82) is 0 Å². The zero-order valence-corrected chi connectivity index (χ0v) is 16.3. The molecule has 0 saturated carbocycles. The van der Waals surface area contributed by atoms with Crippen LogP contribution in [0.1, 0.15) is 25.3 Å². The molecule has 1 fully saturated rings. The second-order valence-electron chi connectivity index (χ2n) is 6.65. The van der Waals surface area contributed by atoms with Gasteiger partial charge in [0.05, 0.1) is 4.90 Å². The van der Waals surface area contributed by atoms with Gasteiger partial charge >= 0.3 is 0 Å². The Balaban J connectivity index is 1.64. The minimum Gasteiger partial charge on any atom is -0.481 e. The van der Waals surface area contributed by atoms with E-state index in [0.717, 1.165) is 18.4 Å². The van der Waals surface area contributed by atoms with E-state index < -0.39 is 16.1 Å². The summed E-state index contributed by atoms with van der Waals surface area (Å²) in [5, 5.41) is 2.76. The lowest BCUT2D eigenvalue weighted by atomic mass is 10.2. The van der Waals surface area contributed by atoms with E-state index in [-0.39, 0.29) is 10.8 Å². The molecular weight excluding hydrogens is 364 g/mol. The molecule has 1 heterocycles. The topological polar surface area (TPSA) is 75.7 Å². The van der Waals surface area contributed by atoms with Crippen molar-refractivity contribution in [3.8, 4) is 5.75 Å². The number of rotatable bonds is 6. The minimum atomic E-state index is -3.45. The lowest BCUT2D eigenvalue weighted by Gasteiger charge is -2.17. The molecule has 0 spiro atoms. The second kappa shape index (κ2) is 8.10. The lowest BCUT2D eigenvalue weighted by Crippen LogP contribution is -2.30. The van der Waals surface area contributed by atoms with E-state index in [2.05, 4.69) is 5.32 Å². The normalized spacial score (nSPS) is 16.1. The lowest BCUT2D eigenvalue weighted by molar-refractivity contribution is -0.122. The zero-order chi connectivity index (χ0) is 19.4.